The molecule has 0 bridgehead atoms. The first-order valence-corrected chi connectivity index (χ1v) is 8.61. The lowest BCUT2D eigenvalue weighted by Crippen LogP contribution is -2.32. The molecule has 2 aliphatic heterocycles. The second-order valence-electron chi connectivity index (χ2n) is 5.36. The van der Waals surface area contributed by atoms with Crippen molar-refractivity contribution in [2.24, 2.45) is 11.8 Å². The molecular weight excluding hydrogens is 315 g/mol. The van der Waals surface area contributed by atoms with Gasteiger partial charge >= 0.3 is 0 Å². The third kappa shape index (κ3) is 2.54. The molecule has 0 unspecified atom stereocenters. The number of likely N-dealkylation sites (tertiary alicyclic amines) is 1. The highest BCUT2D eigenvalue weighted by molar-refractivity contribution is 7.98. The van der Waals surface area contributed by atoms with Gasteiger partial charge in [0.2, 0.25) is 0 Å². The van der Waals surface area contributed by atoms with Crippen molar-refractivity contribution in [1.29, 1.82) is 0 Å². The number of halogens is 2. The van der Waals surface area contributed by atoms with Crippen molar-refractivity contribution in [3.05, 3.63) is 27.7 Å². The third-order valence-corrected chi connectivity index (χ3v) is 5.66. The van der Waals surface area contributed by atoms with Crippen LogP contribution in [-0.2, 0) is 0 Å². The smallest absolute Gasteiger partial charge is 0.255 e. The Balaban J connectivity index is 1.84. The van der Waals surface area contributed by atoms with Crippen molar-refractivity contribution in [3.8, 4) is 0 Å². The Kier molecular flexibility index (Phi) is 4.18. The minimum absolute atomic E-state index is 0.0244. The number of nitrogens with one attached hydrogen (secondary N) is 1. The summed E-state index contributed by atoms with van der Waals surface area (Å²) in [5, 5.41) is 4.41. The summed E-state index contributed by atoms with van der Waals surface area (Å²) < 4.78 is 0. The molecule has 108 valence electrons. The second kappa shape index (κ2) is 5.76. The van der Waals surface area contributed by atoms with Gasteiger partial charge < -0.3 is 10.2 Å². The van der Waals surface area contributed by atoms with Crippen molar-refractivity contribution < 1.29 is 4.79 Å². The van der Waals surface area contributed by atoms with Crippen LogP contribution in [0.5, 0.6) is 0 Å². The fourth-order valence-corrected chi connectivity index (χ4v) is 4.23. The quantitative estimate of drug-likeness (QED) is 0.846. The molecule has 3 rings (SSSR count). The predicted molar refractivity (Wildman–Crippen MR) is 84.0 cm³/mol. The number of fused-ring (bicyclic) bond motifs is 1. The molecule has 2 heterocycles. The molecule has 0 aliphatic carbocycles. The van der Waals surface area contributed by atoms with E-state index in [1.54, 1.807) is 6.07 Å². The van der Waals surface area contributed by atoms with Crippen LogP contribution in [0.15, 0.2) is 17.0 Å². The Morgan fingerprint density at radius 1 is 1.25 bits per heavy atom. The van der Waals surface area contributed by atoms with Gasteiger partial charge in [0, 0.05) is 31.1 Å². The number of thioether (sulfide) groups is 1. The van der Waals surface area contributed by atoms with E-state index in [1.807, 2.05) is 17.2 Å². The van der Waals surface area contributed by atoms with Crippen LogP contribution in [0.1, 0.15) is 10.4 Å². The van der Waals surface area contributed by atoms with E-state index in [0.717, 1.165) is 31.1 Å². The number of hydrogen-bond donors (Lipinski definition) is 1. The third-order valence-electron chi connectivity index (χ3n) is 4.15. The van der Waals surface area contributed by atoms with Gasteiger partial charge in [0.05, 0.1) is 15.6 Å². The van der Waals surface area contributed by atoms with Crippen LogP contribution in [0, 0.1) is 11.8 Å². The molecule has 2 saturated heterocycles. The highest BCUT2D eigenvalue weighted by Gasteiger charge is 2.38. The Morgan fingerprint density at radius 2 is 1.90 bits per heavy atom. The lowest BCUT2D eigenvalue weighted by Gasteiger charge is -2.19. The Morgan fingerprint density at radius 3 is 2.50 bits per heavy atom. The van der Waals surface area contributed by atoms with Crippen LogP contribution in [0.3, 0.4) is 0 Å². The minimum atomic E-state index is 0.0244. The van der Waals surface area contributed by atoms with Crippen LogP contribution in [-0.4, -0.2) is 43.2 Å². The van der Waals surface area contributed by atoms with Gasteiger partial charge in [-0.15, -0.1) is 11.8 Å². The maximum Gasteiger partial charge on any atom is 0.255 e. The van der Waals surface area contributed by atoms with Gasteiger partial charge in [0.1, 0.15) is 0 Å². The summed E-state index contributed by atoms with van der Waals surface area (Å²) in [6.45, 7) is 3.67. The van der Waals surface area contributed by atoms with Gasteiger partial charge in [0.25, 0.3) is 5.91 Å². The molecule has 1 N–H and O–H groups in total. The molecular formula is C14H16Cl2N2OS. The molecule has 2 aliphatic rings. The topological polar surface area (TPSA) is 32.3 Å². The fourth-order valence-electron chi connectivity index (χ4n) is 3.04. The molecule has 0 radical (unpaired) electrons. The molecule has 0 saturated carbocycles. The van der Waals surface area contributed by atoms with Gasteiger partial charge in [-0.2, -0.15) is 0 Å². The van der Waals surface area contributed by atoms with E-state index >= 15 is 0 Å². The lowest BCUT2D eigenvalue weighted by molar-refractivity contribution is 0.0781. The van der Waals surface area contributed by atoms with E-state index in [9.17, 15) is 4.79 Å². The second-order valence-corrected chi connectivity index (χ2v) is 7.02. The first kappa shape index (κ1) is 14.5. The zero-order valence-electron chi connectivity index (χ0n) is 11.2. The summed E-state index contributed by atoms with van der Waals surface area (Å²) in [5.41, 5.74) is 0.563. The molecule has 3 nitrogen and oxygen atoms in total. The predicted octanol–water partition coefficient (Wildman–Crippen LogP) is 3.01. The lowest BCUT2D eigenvalue weighted by atomic mass is 10.0. The van der Waals surface area contributed by atoms with Crippen molar-refractivity contribution >= 4 is 40.9 Å². The monoisotopic (exact) mass is 330 g/mol. The normalized spacial score (nSPS) is 25.1. The van der Waals surface area contributed by atoms with Gasteiger partial charge in [0.15, 0.2) is 0 Å². The number of amides is 1. The van der Waals surface area contributed by atoms with Crippen LogP contribution >= 0.6 is 35.0 Å². The molecule has 0 aromatic heterocycles. The van der Waals surface area contributed by atoms with Gasteiger partial charge in [-0.1, -0.05) is 23.2 Å². The molecule has 6 heteroatoms. The van der Waals surface area contributed by atoms with Crippen molar-refractivity contribution in [3.63, 3.8) is 0 Å². The van der Waals surface area contributed by atoms with E-state index in [2.05, 4.69) is 5.32 Å². The highest BCUT2D eigenvalue weighted by Crippen LogP contribution is 2.33. The average molecular weight is 331 g/mol. The van der Waals surface area contributed by atoms with E-state index in [4.69, 9.17) is 23.2 Å². The SMILES string of the molecule is CSc1cc(C(=O)N2C[C@H]3CNC[C@H]3C2)c(Cl)cc1Cl. The fraction of sp³-hybridized carbons (Fsp3) is 0.500. The molecule has 2 atom stereocenters. The Labute approximate surface area is 133 Å². The van der Waals surface area contributed by atoms with E-state index < -0.39 is 0 Å². The molecule has 2 fully saturated rings. The molecule has 1 aromatic carbocycles. The molecule has 1 amide bonds. The first-order chi connectivity index (χ1) is 9.60. The van der Waals surface area contributed by atoms with Crippen molar-refractivity contribution in [2.45, 2.75) is 4.90 Å². The Bertz CT molecular complexity index is 540. The average Bonchev–Trinajstić information content (AvgIpc) is 2.99. The summed E-state index contributed by atoms with van der Waals surface area (Å²) >= 11 is 13.8. The maximum atomic E-state index is 12.6. The molecule has 1 aromatic rings. The maximum absolute atomic E-state index is 12.6. The summed E-state index contributed by atoms with van der Waals surface area (Å²) in [5.74, 6) is 1.20. The van der Waals surface area contributed by atoms with E-state index in [0.29, 0.717) is 27.4 Å². The van der Waals surface area contributed by atoms with Crippen LogP contribution in [0.2, 0.25) is 10.0 Å². The Hall–Kier alpha value is -0.420. The summed E-state index contributed by atoms with van der Waals surface area (Å²) in [7, 11) is 0. The van der Waals surface area contributed by atoms with Crippen LogP contribution < -0.4 is 5.32 Å². The van der Waals surface area contributed by atoms with E-state index in [-0.39, 0.29) is 5.91 Å². The number of carbonyl (C=O) groups is 1. The summed E-state index contributed by atoms with van der Waals surface area (Å²) in [6.07, 6.45) is 1.94. The zero-order valence-corrected chi connectivity index (χ0v) is 13.5. The number of rotatable bonds is 2. The van der Waals surface area contributed by atoms with Gasteiger partial charge in [-0.3, -0.25) is 4.79 Å². The van der Waals surface area contributed by atoms with Crippen LogP contribution in [0.4, 0.5) is 0 Å². The van der Waals surface area contributed by atoms with Crippen molar-refractivity contribution in [1.82, 2.24) is 10.2 Å². The summed E-state index contributed by atoms with van der Waals surface area (Å²) in [4.78, 5) is 15.5. The van der Waals surface area contributed by atoms with Crippen LogP contribution in [0.25, 0.3) is 0 Å². The highest BCUT2D eigenvalue weighted by atomic mass is 35.5. The molecule has 20 heavy (non-hydrogen) atoms. The number of nitrogens with zero attached hydrogens (tertiary/aromatic N) is 1. The number of benzene rings is 1. The van der Waals surface area contributed by atoms with Crippen molar-refractivity contribution in [2.75, 3.05) is 32.4 Å². The largest absolute Gasteiger partial charge is 0.338 e. The van der Waals surface area contributed by atoms with Gasteiger partial charge in [-0.05, 0) is 30.2 Å². The minimum Gasteiger partial charge on any atom is -0.338 e. The number of hydrogen-bond acceptors (Lipinski definition) is 3. The number of carbonyl (C=O) groups excluding carboxylic acids is 1. The van der Waals surface area contributed by atoms with Gasteiger partial charge in [-0.25, -0.2) is 0 Å². The zero-order chi connectivity index (χ0) is 14.3. The standard InChI is InChI=1S/C14H16Cl2N2OS/c1-20-13-2-10(11(15)3-12(13)16)14(19)18-6-8-4-17-5-9(8)7-18/h2-3,8-9,17H,4-7H2,1H3/t8-,9+. The van der Waals surface area contributed by atoms with E-state index in [1.165, 1.54) is 11.8 Å². The first-order valence-electron chi connectivity index (χ1n) is 6.63. The summed E-state index contributed by atoms with van der Waals surface area (Å²) in [6, 6.07) is 3.48. The molecule has 0 spiro atoms.